The summed E-state index contributed by atoms with van der Waals surface area (Å²) >= 11 is 0. The van der Waals surface area contributed by atoms with E-state index in [1.54, 1.807) is 12.1 Å². The molecule has 0 aliphatic carbocycles. The minimum atomic E-state index is -0.392. The molecule has 0 bridgehead atoms. The minimum absolute atomic E-state index is 0.152. The maximum absolute atomic E-state index is 12.7. The molecular formula is C24H28N3O3+. The molecule has 3 amide bonds. The Kier molecular flexibility index (Phi) is 6.79. The van der Waals surface area contributed by atoms with Crippen molar-refractivity contribution in [2.75, 3.05) is 19.6 Å². The molecule has 6 heteroatoms. The Morgan fingerprint density at radius 2 is 1.70 bits per heavy atom. The average molecular weight is 407 g/mol. The van der Waals surface area contributed by atoms with Gasteiger partial charge in [0.1, 0.15) is 6.54 Å². The lowest BCUT2D eigenvalue weighted by atomic mass is 10.0. The Morgan fingerprint density at radius 3 is 2.37 bits per heavy atom. The number of nitrogens with one attached hydrogen (secondary N) is 2. The largest absolute Gasteiger partial charge is 0.348 e. The van der Waals surface area contributed by atoms with E-state index in [4.69, 9.17) is 0 Å². The van der Waals surface area contributed by atoms with Crippen LogP contribution >= 0.6 is 0 Å². The third kappa shape index (κ3) is 4.33. The maximum Gasteiger partial charge on any atom is 0.261 e. The van der Waals surface area contributed by atoms with Gasteiger partial charge in [-0.25, -0.2) is 0 Å². The molecule has 0 unspecified atom stereocenters. The smallest absolute Gasteiger partial charge is 0.261 e. The molecule has 0 fully saturated rings. The van der Waals surface area contributed by atoms with E-state index < -0.39 is 5.91 Å². The van der Waals surface area contributed by atoms with Gasteiger partial charge >= 0.3 is 0 Å². The first-order valence-corrected chi connectivity index (χ1v) is 10.3. The highest BCUT2D eigenvalue weighted by atomic mass is 16.2. The van der Waals surface area contributed by atoms with Gasteiger partial charge in [0.05, 0.1) is 24.2 Å². The van der Waals surface area contributed by atoms with Crippen molar-refractivity contribution < 1.29 is 19.3 Å². The summed E-state index contributed by atoms with van der Waals surface area (Å²) in [6, 6.07) is 12.7. The lowest BCUT2D eigenvalue weighted by Crippen LogP contribution is -3.10. The number of carbonyl (C=O) groups is 3. The number of imide groups is 1. The van der Waals surface area contributed by atoms with E-state index >= 15 is 0 Å². The van der Waals surface area contributed by atoms with Crippen molar-refractivity contribution >= 4 is 17.7 Å². The van der Waals surface area contributed by atoms with Gasteiger partial charge in [0.15, 0.2) is 0 Å². The minimum Gasteiger partial charge on any atom is -0.348 e. The van der Waals surface area contributed by atoms with Crippen LogP contribution in [0, 0.1) is 0 Å². The van der Waals surface area contributed by atoms with Gasteiger partial charge in [-0.15, -0.1) is 6.58 Å². The summed E-state index contributed by atoms with van der Waals surface area (Å²) in [6.45, 7) is 11.5. The maximum atomic E-state index is 12.7. The molecule has 0 aromatic heterocycles. The second-order valence-electron chi connectivity index (χ2n) is 7.36. The summed E-state index contributed by atoms with van der Waals surface area (Å²) in [4.78, 5) is 40.1. The Hall–Kier alpha value is -3.25. The molecule has 1 aliphatic rings. The van der Waals surface area contributed by atoms with E-state index in [0.717, 1.165) is 30.1 Å². The van der Waals surface area contributed by atoms with Gasteiger partial charge in [0, 0.05) is 24.2 Å². The Morgan fingerprint density at radius 1 is 1.03 bits per heavy atom. The molecule has 6 nitrogen and oxygen atoms in total. The van der Waals surface area contributed by atoms with Crippen LogP contribution in [0.4, 0.5) is 0 Å². The Balaban J connectivity index is 1.73. The molecule has 3 rings (SSSR count). The summed E-state index contributed by atoms with van der Waals surface area (Å²) in [5.41, 5.74) is 3.24. The summed E-state index contributed by atoms with van der Waals surface area (Å²) in [5.74, 6) is -1.02. The molecular weight excluding hydrogens is 378 g/mol. The Bertz CT molecular complexity index is 979. The molecule has 2 N–H and O–H groups in total. The number of hydrogen-bond acceptors (Lipinski definition) is 3. The van der Waals surface area contributed by atoms with Crippen LogP contribution in [0.25, 0.3) is 0 Å². The fourth-order valence-corrected chi connectivity index (χ4v) is 3.68. The van der Waals surface area contributed by atoms with Crippen LogP contribution < -0.4 is 10.2 Å². The van der Waals surface area contributed by atoms with Crippen LogP contribution in [-0.4, -0.2) is 42.3 Å². The van der Waals surface area contributed by atoms with E-state index in [9.17, 15) is 14.4 Å². The highest BCUT2D eigenvalue weighted by Crippen LogP contribution is 2.24. The molecule has 0 saturated heterocycles. The molecule has 0 saturated carbocycles. The second-order valence-corrected chi connectivity index (χ2v) is 7.36. The molecule has 1 heterocycles. The van der Waals surface area contributed by atoms with Gasteiger partial charge in [-0.1, -0.05) is 30.3 Å². The monoisotopic (exact) mass is 406 g/mol. The van der Waals surface area contributed by atoms with Crippen molar-refractivity contribution in [3.8, 4) is 0 Å². The van der Waals surface area contributed by atoms with E-state index in [0.29, 0.717) is 17.7 Å². The fourth-order valence-electron chi connectivity index (χ4n) is 3.68. The van der Waals surface area contributed by atoms with Gasteiger partial charge in [-0.05, 0) is 37.6 Å². The number of rotatable bonds is 9. The molecule has 1 aliphatic heterocycles. The number of quaternary nitrogens is 1. The van der Waals surface area contributed by atoms with Gasteiger partial charge < -0.3 is 10.2 Å². The lowest BCUT2D eigenvalue weighted by Gasteiger charge is -2.18. The first-order valence-electron chi connectivity index (χ1n) is 10.3. The zero-order valence-electron chi connectivity index (χ0n) is 17.5. The second kappa shape index (κ2) is 9.50. The molecule has 0 atom stereocenters. The van der Waals surface area contributed by atoms with Gasteiger partial charge in [-0.2, -0.15) is 0 Å². The fraction of sp³-hybridized carbons (Fsp3) is 0.292. The highest BCUT2D eigenvalue weighted by molar-refractivity contribution is 6.22. The van der Waals surface area contributed by atoms with Gasteiger partial charge in [0.25, 0.3) is 17.7 Å². The average Bonchev–Trinajstić information content (AvgIpc) is 3.01. The number of amides is 3. The molecule has 156 valence electrons. The van der Waals surface area contributed by atoms with Crippen LogP contribution in [0.3, 0.4) is 0 Å². The topological polar surface area (TPSA) is 70.9 Å². The van der Waals surface area contributed by atoms with Crippen molar-refractivity contribution in [2.24, 2.45) is 0 Å². The van der Waals surface area contributed by atoms with Crippen LogP contribution in [-0.2, 0) is 13.1 Å². The molecule has 0 spiro atoms. The highest BCUT2D eigenvalue weighted by Gasteiger charge is 2.35. The van der Waals surface area contributed by atoms with E-state index in [2.05, 4.69) is 31.8 Å². The van der Waals surface area contributed by atoms with Crippen LogP contribution in [0.15, 0.2) is 55.1 Å². The van der Waals surface area contributed by atoms with Crippen LogP contribution in [0.5, 0.6) is 0 Å². The summed E-state index contributed by atoms with van der Waals surface area (Å²) in [6.07, 6.45) is 1.51. The number of hydrogen-bond donors (Lipinski definition) is 2. The van der Waals surface area contributed by atoms with Crippen molar-refractivity contribution in [3.63, 3.8) is 0 Å². The van der Waals surface area contributed by atoms with E-state index in [1.807, 2.05) is 18.2 Å². The van der Waals surface area contributed by atoms with Crippen LogP contribution in [0.1, 0.15) is 56.0 Å². The third-order valence-electron chi connectivity index (χ3n) is 5.54. The molecule has 2 aromatic rings. The predicted molar refractivity (Wildman–Crippen MR) is 115 cm³/mol. The zero-order chi connectivity index (χ0) is 21.7. The van der Waals surface area contributed by atoms with Crippen molar-refractivity contribution in [3.05, 3.63) is 82.9 Å². The number of benzene rings is 2. The SMILES string of the molecule is C=CCN1C(=O)c2ccc(C(=O)NCc3ccccc3C[NH+](CC)CC)cc2C1=O. The molecule has 2 aromatic carbocycles. The van der Waals surface area contributed by atoms with E-state index in [-0.39, 0.29) is 23.9 Å². The standard InChI is InChI=1S/C24H27N3O3/c1-4-13-27-23(29)20-12-11-17(14-21(20)24(27)30)22(28)25-15-18-9-7-8-10-19(18)16-26(5-2)6-3/h4,7-12,14H,1,5-6,13,15-16H2,2-3H3,(H,25,28)/p+1. The van der Waals surface area contributed by atoms with Gasteiger partial charge in [-0.3, -0.25) is 19.3 Å². The first-order chi connectivity index (χ1) is 14.5. The summed E-state index contributed by atoms with van der Waals surface area (Å²) < 4.78 is 0. The van der Waals surface area contributed by atoms with Gasteiger partial charge in [0.2, 0.25) is 0 Å². The lowest BCUT2D eigenvalue weighted by molar-refractivity contribution is -0.910. The number of nitrogens with zero attached hydrogens (tertiary/aromatic N) is 1. The normalized spacial score (nSPS) is 13.0. The number of fused-ring (bicyclic) bond motifs is 1. The number of carbonyl (C=O) groups excluding carboxylic acids is 3. The quantitative estimate of drug-likeness (QED) is 0.493. The summed E-state index contributed by atoms with van der Waals surface area (Å²) in [7, 11) is 0. The summed E-state index contributed by atoms with van der Waals surface area (Å²) in [5, 5.41) is 2.94. The third-order valence-corrected chi connectivity index (χ3v) is 5.54. The molecule has 30 heavy (non-hydrogen) atoms. The van der Waals surface area contributed by atoms with E-state index in [1.165, 1.54) is 22.6 Å². The molecule has 0 radical (unpaired) electrons. The van der Waals surface area contributed by atoms with Crippen LogP contribution in [0.2, 0.25) is 0 Å². The first kappa shape index (κ1) is 21.5. The van der Waals surface area contributed by atoms with Crippen molar-refractivity contribution in [2.45, 2.75) is 26.9 Å². The zero-order valence-corrected chi connectivity index (χ0v) is 17.5. The Labute approximate surface area is 177 Å². The van der Waals surface area contributed by atoms with Crippen molar-refractivity contribution in [1.82, 2.24) is 10.2 Å². The van der Waals surface area contributed by atoms with Crippen molar-refractivity contribution in [1.29, 1.82) is 0 Å². The predicted octanol–water partition coefficient (Wildman–Crippen LogP) is 1.82.